The zero-order valence-corrected chi connectivity index (χ0v) is 16.9. The van der Waals surface area contributed by atoms with Gasteiger partial charge in [0.1, 0.15) is 17.3 Å². The van der Waals surface area contributed by atoms with Gasteiger partial charge in [0, 0.05) is 11.3 Å². The van der Waals surface area contributed by atoms with Gasteiger partial charge in [0.05, 0.1) is 30.9 Å². The van der Waals surface area contributed by atoms with Crippen molar-refractivity contribution in [3.63, 3.8) is 0 Å². The van der Waals surface area contributed by atoms with E-state index < -0.39 is 0 Å². The van der Waals surface area contributed by atoms with Gasteiger partial charge >= 0.3 is 0 Å². The summed E-state index contributed by atoms with van der Waals surface area (Å²) in [6, 6.07) is 11.3. The molecular formula is C21H24N2O4S. The fourth-order valence-corrected chi connectivity index (χ4v) is 3.34. The van der Waals surface area contributed by atoms with Gasteiger partial charge in [0.15, 0.2) is 0 Å². The molecule has 0 atom stereocenters. The Morgan fingerprint density at radius 3 is 2.79 bits per heavy atom. The van der Waals surface area contributed by atoms with Gasteiger partial charge in [-0.3, -0.25) is 4.79 Å². The number of benzene rings is 1. The van der Waals surface area contributed by atoms with Gasteiger partial charge in [0.25, 0.3) is 0 Å². The van der Waals surface area contributed by atoms with Gasteiger partial charge in [-0.25, -0.2) is 4.98 Å². The van der Waals surface area contributed by atoms with Crippen LogP contribution in [-0.2, 0) is 17.1 Å². The highest BCUT2D eigenvalue weighted by Crippen LogP contribution is 2.26. The van der Waals surface area contributed by atoms with Crippen LogP contribution in [-0.4, -0.2) is 23.3 Å². The van der Waals surface area contributed by atoms with Crippen molar-refractivity contribution in [2.24, 2.45) is 0 Å². The second-order valence-electron chi connectivity index (χ2n) is 6.24. The van der Waals surface area contributed by atoms with E-state index in [1.807, 2.05) is 37.3 Å². The number of ether oxygens (including phenoxy) is 1. The summed E-state index contributed by atoms with van der Waals surface area (Å²) in [6.45, 7) is 5.07. The Morgan fingerprint density at radius 1 is 1.25 bits per heavy atom. The van der Waals surface area contributed by atoms with Crippen molar-refractivity contribution in [1.29, 1.82) is 0 Å². The number of nitrogens with one attached hydrogen (secondary N) is 1. The van der Waals surface area contributed by atoms with E-state index >= 15 is 0 Å². The monoisotopic (exact) mass is 400 g/mol. The number of aryl methyl sites for hydroxylation is 1. The van der Waals surface area contributed by atoms with E-state index in [0.717, 1.165) is 34.9 Å². The molecule has 0 unspecified atom stereocenters. The largest absolute Gasteiger partial charge is 0.494 e. The first-order chi connectivity index (χ1) is 13.7. The van der Waals surface area contributed by atoms with Crippen LogP contribution in [0.4, 0.5) is 0 Å². The number of carbonyl (C=O) groups excluding carboxylic acids is 1. The van der Waals surface area contributed by atoms with Gasteiger partial charge in [-0.15, -0.1) is 11.8 Å². The Labute approximate surface area is 168 Å². The minimum atomic E-state index is -0.0366. The van der Waals surface area contributed by atoms with Gasteiger partial charge < -0.3 is 18.9 Å². The maximum Gasteiger partial charge on any atom is 0.230 e. The molecule has 7 heteroatoms. The summed E-state index contributed by atoms with van der Waals surface area (Å²) in [5, 5.41) is 2.83. The average Bonchev–Trinajstić information content (AvgIpc) is 3.35. The number of hydrogen-bond donors (Lipinski definition) is 1. The van der Waals surface area contributed by atoms with Crippen LogP contribution in [0.1, 0.15) is 30.6 Å². The number of amides is 1. The number of carbonyl (C=O) groups is 1. The Hall–Kier alpha value is -2.67. The van der Waals surface area contributed by atoms with E-state index in [9.17, 15) is 4.79 Å². The van der Waals surface area contributed by atoms with Gasteiger partial charge in [-0.1, -0.05) is 6.92 Å². The molecule has 0 fully saturated rings. The van der Waals surface area contributed by atoms with Crippen LogP contribution in [0.3, 0.4) is 0 Å². The minimum absolute atomic E-state index is 0.0366. The summed E-state index contributed by atoms with van der Waals surface area (Å²) < 4.78 is 16.6. The molecule has 1 N–H and O–H groups in total. The van der Waals surface area contributed by atoms with Crippen LogP contribution in [0, 0.1) is 6.92 Å². The van der Waals surface area contributed by atoms with Crippen LogP contribution in [0.5, 0.6) is 5.75 Å². The van der Waals surface area contributed by atoms with Crippen molar-refractivity contribution < 1.29 is 18.4 Å². The lowest BCUT2D eigenvalue weighted by Gasteiger charge is -2.04. The zero-order chi connectivity index (χ0) is 19.8. The molecule has 3 rings (SSSR count). The standard InChI is InChI=1S/C21H24N2O4S/c1-3-10-25-17-8-6-16(7-9-17)21-23-19(15(2)27-21)13-28-14-20(24)22-12-18-5-4-11-26-18/h4-9,11H,3,10,12-14H2,1-2H3,(H,22,24). The van der Waals surface area contributed by atoms with E-state index in [-0.39, 0.29) is 5.91 Å². The molecule has 0 saturated heterocycles. The number of thioether (sulfide) groups is 1. The lowest BCUT2D eigenvalue weighted by atomic mass is 10.2. The van der Waals surface area contributed by atoms with Crippen LogP contribution in [0.2, 0.25) is 0 Å². The predicted molar refractivity (Wildman–Crippen MR) is 109 cm³/mol. The van der Waals surface area contributed by atoms with Gasteiger partial charge in [0.2, 0.25) is 11.8 Å². The third-order valence-electron chi connectivity index (χ3n) is 3.98. The van der Waals surface area contributed by atoms with Crippen LogP contribution in [0.15, 0.2) is 51.5 Å². The lowest BCUT2D eigenvalue weighted by molar-refractivity contribution is -0.118. The lowest BCUT2D eigenvalue weighted by Crippen LogP contribution is -2.24. The first kappa shape index (κ1) is 20.1. The molecule has 0 aliphatic heterocycles. The van der Waals surface area contributed by atoms with E-state index in [1.165, 1.54) is 11.8 Å². The molecule has 2 aromatic heterocycles. The Morgan fingerprint density at radius 2 is 2.07 bits per heavy atom. The maximum atomic E-state index is 11.9. The van der Waals surface area contributed by atoms with Gasteiger partial charge in [-0.05, 0) is 49.7 Å². The Bertz CT molecular complexity index is 872. The maximum absolute atomic E-state index is 11.9. The van der Waals surface area contributed by atoms with Crippen molar-refractivity contribution in [3.05, 3.63) is 59.9 Å². The molecule has 1 amide bonds. The summed E-state index contributed by atoms with van der Waals surface area (Å²) in [7, 11) is 0. The van der Waals surface area contributed by atoms with Crippen LogP contribution < -0.4 is 10.1 Å². The quantitative estimate of drug-likeness (QED) is 0.537. The molecule has 1 aromatic carbocycles. The normalized spacial score (nSPS) is 10.8. The summed E-state index contributed by atoms with van der Waals surface area (Å²) in [6.07, 6.45) is 2.57. The smallest absolute Gasteiger partial charge is 0.230 e. The molecule has 0 aliphatic rings. The summed E-state index contributed by atoms with van der Waals surface area (Å²) >= 11 is 1.50. The zero-order valence-electron chi connectivity index (χ0n) is 16.1. The van der Waals surface area contributed by atoms with Crippen LogP contribution >= 0.6 is 11.8 Å². The molecule has 0 bridgehead atoms. The van der Waals surface area contributed by atoms with Crippen LogP contribution in [0.25, 0.3) is 11.5 Å². The number of furan rings is 1. The van der Waals surface area contributed by atoms with Crippen molar-refractivity contribution >= 4 is 17.7 Å². The third-order valence-corrected chi connectivity index (χ3v) is 4.92. The molecule has 3 aromatic rings. The van der Waals surface area contributed by atoms with E-state index in [4.69, 9.17) is 13.6 Å². The van der Waals surface area contributed by atoms with Crippen molar-refractivity contribution in [1.82, 2.24) is 10.3 Å². The number of hydrogen-bond acceptors (Lipinski definition) is 6. The average molecular weight is 401 g/mol. The van der Waals surface area contributed by atoms with Gasteiger partial charge in [-0.2, -0.15) is 0 Å². The fourth-order valence-electron chi connectivity index (χ4n) is 2.49. The SMILES string of the molecule is CCCOc1ccc(-c2nc(CSCC(=O)NCc3ccco3)c(C)o2)cc1. The second-order valence-corrected chi connectivity index (χ2v) is 7.23. The highest BCUT2D eigenvalue weighted by Gasteiger charge is 2.12. The van der Waals surface area contributed by atoms with E-state index in [0.29, 0.717) is 30.5 Å². The molecule has 2 heterocycles. The number of aromatic nitrogens is 1. The molecule has 6 nitrogen and oxygen atoms in total. The topological polar surface area (TPSA) is 77.5 Å². The second kappa shape index (κ2) is 10.0. The first-order valence-corrected chi connectivity index (χ1v) is 10.4. The van der Waals surface area contributed by atoms with E-state index in [1.54, 1.807) is 12.3 Å². The van der Waals surface area contributed by atoms with Crippen molar-refractivity contribution in [2.75, 3.05) is 12.4 Å². The third kappa shape index (κ3) is 5.66. The minimum Gasteiger partial charge on any atom is -0.494 e. The molecule has 0 radical (unpaired) electrons. The number of rotatable bonds is 10. The summed E-state index contributed by atoms with van der Waals surface area (Å²) in [5.41, 5.74) is 1.75. The molecule has 28 heavy (non-hydrogen) atoms. The Kier molecular flexibility index (Phi) is 7.19. The molecule has 0 saturated carbocycles. The molecule has 148 valence electrons. The highest BCUT2D eigenvalue weighted by molar-refractivity contribution is 7.99. The fraction of sp³-hybridized carbons (Fsp3) is 0.333. The number of oxazole rings is 1. The molecule has 0 aliphatic carbocycles. The summed E-state index contributed by atoms with van der Waals surface area (Å²) in [4.78, 5) is 16.5. The van der Waals surface area contributed by atoms with Crippen molar-refractivity contribution in [2.45, 2.75) is 32.6 Å². The van der Waals surface area contributed by atoms with Crippen molar-refractivity contribution in [3.8, 4) is 17.2 Å². The summed E-state index contributed by atoms with van der Waals surface area (Å²) in [5.74, 6) is 3.85. The number of nitrogens with zero attached hydrogens (tertiary/aromatic N) is 1. The molecule has 0 spiro atoms. The molecular weight excluding hydrogens is 376 g/mol. The highest BCUT2D eigenvalue weighted by atomic mass is 32.2. The van der Waals surface area contributed by atoms with E-state index in [2.05, 4.69) is 17.2 Å². The predicted octanol–water partition coefficient (Wildman–Crippen LogP) is 4.58. The Balaban J connectivity index is 1.49. The first-order valence-electron chi connectivity index (χ1n) is 9.22.